The van der Waals surface area contributed by atoms with Crippen LogP contribution in [-0.4, -0.2) is 23.6 Å². The fourth-order valence-corrected chi connectivity index (χ4v) is 2.40. The lowest BCUT2D eigenvalue weighted by atomic mass is 10.1. The Labute approximate surface area is 112 Å². The van der Waals surface area contributed by atoms with E-state index in [2.05, 4.69) is 17.3 Å². The monoisotopic (exact) mass is 259 g/mol. The standard InChI is InChI=1S/C14H17N3O2/c1-9-11(7-15-2)17(3)16-14(9)10-4-5-12-13(6-10)19-8-18-12/h4-6,15H,7-8H2,1-3H3. The minimum atomic E-state index is 0.297. The molecule has 1 aliphatic heterocycles. The number of ether oxygens (including phenoxy) is 2. The van der Waals surface area contributed by atoms with Gasteiger partial charge in [-0.1, -0.05) is 0 Å². The molecule has 0 saturated heterocycles. The van der Waals surface area contributed by atoms with E-state index in [1.807, 2.05) is 37.0 Å². The van der Waals surface area contributed by atoms with Gasteiger partial charge in [0.25, 0.3) is 0 Å². The molecule has 1 aromatic heterocycles. The first-order chi connectivity index (χ1) is 9.20. The molecule has 0 unspecified atom stereocenters. The molecule has 5 heteroatoms. The molecule has 0 radical (unpaired) electrons. The van der Waals surface area contributed by atoms with E-state index >= 15 is 0 Å². The first kappa shape index (κ1) is 12.0. The summed E-state index contributed by atoms with van der Waals surface area (Å²) in [5.74, 6) is 1.59. The van der Waals surface area contributed by atoms with E-state index in [4.69, 9.17) is 9.47 Å². The first-order valence-electron chi connectivity index (χ1n) is 6.28. The zero-order chi connectivity index (χ0) is 13.4. The van der Waals surface area contributed by atoms with Gasteiger partial charge in [-0.25, -0.2) is 0 Å². The fourth-order valence-electron chi connectivity index (χ4n) is 2.40. The maximum Gasteiger partial charge on any atom is 0.231 e. The minimum absolute atomic E-state index is 0.297. The summed E-state index contributed by atoms with van der Waals surface area (Å²) in [7, 11) is 3.91. The van der Waals surface area contributed by atoms with Gasteiger partial charge in [0.05, 0.1) is 11.4 Å². The van der Waals surface area contributed by atoms with Crippen LogP contribution in [0, 0.1) is 6.92 Å². The van der Waals surface area contributed by atoms with Crippen molar-refractivity contribution in [2.24, 2.45) is 7.05 Å². The van der Waals surface area contributed by atoms with Crippen LogP contribution in [0.5, 0.6) is 11.5 Å². The van der Waals surface area contributed by atoms with E-state index < -0.39 is 0 Å². The Balaban J connectivity index is 2.05. The van der Waals surface area contributed by atoms with Crippen LogP contribution in [0.1, 0.15) is 11.3 Å². The molecule has 0 spiro atoms. The Hall–Kier alpha value is -2.01. The Morgan fingerprint density at radius 1 is 1.32 bits per heavy atom. The Morgan fingerprint density at radius 3 is 2.89 bits per heavy atom. The number of hydrogen-bond donors (Lipinski definition) is 1. The average molecular weight is 259 g/mol. The summed E-state index contributed by atoms with van der Waals surface area (Å²) in [6.07, 6.45) is 0. The number of aryl methyl sites for hydroxylation is 1. The van der Waals surface area contributed by atoms with Crippen molar-refractivity contribution >= 4 is 0 Å². The van der Waals surface area contributed by atoms with Crippen molar-refractivity contribution in [1.82, 2.24) is 15.1 Å². The van der Waals surface area contributed by atoms with E-state index in [1.165, 1.54) is 11.3 Å². The molecule has 0 fully saturated rings. The van der Waals surface area contributed by atoms with Crippen molar-refractivity contribution in [3.8, 4) is 22.8 Å². The van der Waals surface area contributed by atoms with Gasteiger partial charge in [0.1, 0.15) is 0 Å². The topological polar surface area (TPSA) is 48.3 Å². The smallest absolute Gasteiger partial charge is 0.231 e. The zero-order valence-corrected chi connectivity index (χ0v) is 11.4. The number of fused-ring (bicyclic) bond motifs is 1. The molecule has 1 aromatic carbocycles. The van der Waals surface area contributed by atoms with E-state index in [9.17, 15) is 0 Å². The van der Waals surface area contributed by atoms with Crippen LogP contribution in [0.2, 0.25) is 0 Å². The Morgan fingerprint density at radius 2 is 2.11 bits per heavy atom. The second-order valence-electron chi connectivity index (χ2n) is 4.64. The van der Waals surface area contributed by atoms with E-state index in [0.717, 1.165) is 29.3 Å². The van der Waals surface area contributed by atoms with Gasteiger partial charge in [0.2, 0.25) is 6.79 Å². The Bertz CT molecular complexity index is 619. The predicted molar refractivity (Wildman–Crippen MR) is 72.3 cm³/mol. The van der Waals surface area contributed by atoms with Crippen molar-refractivity contribution in [2.75, 3.05) is 13.8 Å². The highest BCUT2D eigenvalue weighted by atomic mass is 16.7. The van der Waals surface area contributed by atoms with Crippen LogP contribution in [0.4, 0.5) is 0 Å². The molecule has 0 atom stereocenters. The highest BCUT2D eigenvalue weighted by Crippen LogP contribution is 2.36. The summed E-state index contributed by atoms with van der Waals surface area (Å²) in [6, 6.07) is 5.94. The van der Waals surface area contributed by atoms with E-state index in [1.54, 1.807) is 0 Å². The minimum Gasteiger partial charge on any atom is -0.454 e. The number of hydrogen-bond acceptors (Lipinski definition) is 4. The van der Waals surface area contributed by atoms with Gasteiger partial charge in [-0.3, -0.25) is 4.68 Å². The molecule has 2 heterocycles. The van der Waals surface area contributed by atoms with Gasteiger partial charge >= 0.3 is 0 Å². The van der Waals surface area contributed by atoms with Crippen LogP contribution in [0.15, 0.2) is 18.2 Å². The molecule has 19 heavy (non-hydrogen) atoms. The largest absolute Gasteiger partial charge is 0.454 e. The van der Waals surface area contributed by atoms with E-state index in [-0.39, 0.29) is 0 Å². The van der Waals surface area contributed by atoms with Crippen LogP contribution in [0.25, 0.3) is 11.3 Å². The summed E-state index contributed by atoms with van der Waals surface area (Å²) in [5.41, 5.74) is 4.43. The highest BCUT2D eigenvalue weighted by molar-refractivity contribution is 5.67. The Kier molecular flexibility index (Phi) is 2.91. The molecule has 100 valence electrons. The molecule has 0 bridgehead atoms. The number of nitrogens with zero attached hydrogens (tertiary/aromatic N) is 2. The lowest BCUT2D eigenvalue weighted by molar-refractivity contribution is 0.174. The average Bonchev–Trinajstić information content (AvgIpc) is 2.97. The summed E-state index contributed by atoms with van der Waals surface area (Å²) in [6.45, 7) is 3.20. The summed E-state index contributed by atoms with van der Waals surface area (Å²) >= 11 is 0. The van der Waals surface area contributed by atoms with Crippen molar-refractivity contribution in [2.45, 2.75) is 13.5 Å². The normalized spacial score (nSPS) is 13.0. The number of benzene rings is 1. The zero-order valence-electron chi connectivity index (χ0n) is 11.4. The molecule has 1 N–H and O–H groups in total. The van der Waals surface area contributed by atoms with Crippen molar-refractivity contribution < 1.29 is 9.47 Å². The molecular formula is C14H17N3O2. The predicted octanol–water partition coefficient (Wildman–Crippen LogP) is 1.84. The lowest BCUT2D eigenvalue weighted by Gasteiger charge is -2.02. The second-order valence-corrected chi connectivity index (χ2v) is 4.64. The van der Waals surface area contributed by atoms with Crippen LogP contribution < -0.4 is 14.8 Å². The SMILES string of the molecule is CNCc1c(C)c(-c2ccc3c(c2)OCO3)nn1C. The van der Waals surface area contributed by atoms with Gasteiger partial charge < -0.3 is 14.8 Å². The maximum absolute atomic E-state index is 5.42. The summed E-state index contributed by atoms with van der Waals surface area (Å²) in [4.78, 5) is 0. The number of nitrogens with one attached hydrogen (secondary N) is 1. The second kappa shape index (κ2) is 4.59. The highest BCUT2D eigenvalue weighted by Gasteiger charge is 2.18. The van der Waals surface area contributed by atoms with Crippen LogP contribution >= 0.6 is 0 Å². The molecule has 2 aromatic rings. The number of aromatic nitrogens is 2. The van der Waals surface area contributed by atoms with Crippen LogP contribution in [0.3, 0.4) is 0 Å². The van der Waals surface area contributed by atoms with Crippen molar-refractivity contribution in [3.63, 3.8) is 0 Å². The molecule has 3 rings (SSSR count). The van der Waals surface area contributed by atoms with Gasteiger partial charge in [-0.05, 0) is 37.7 Å². The van der Waals surface area contributed by atoms with Gasteiger partial charge in [0.15, 0.2) is 11.5 Å². The molecule has 0 aliphatic carbocycles. The molecule has 5 nitrogen and oxygen atoms in total. The first-order valence-corrected chi connectivity index (χ1v) is 6.28. The molecule has 1 aliphatic rings. The van der Waals surface area contributed by atoms with Gasteiger partial charge in [-0.2, -0.15) is 5.10 Å². The quantitative estimate of drug-likeness (QED) is 0.913. The van der Waals surface area contributed by atoms with Gasteiger partial charge in [-0.15, -0.1) is 0 Å². The van der Waals surface area contributed by atoms with Crippen molar-refractivity contribution in [1.29, 1.82) is 0 Å². The van der Waals surface area contributed by atoms with Crippen molar-refractivity contribution in [3.05, 3.63) is 29.5 Å². The maximum atomic E-state index is 5.42. The third kappa shape index (κ3) is 1.96. The molecule has 0 amide bonds. The van der Waals surface area contributed by atoms with Crippen LogP contribution in [-0.2, 0) is 13.6 Å². The number of rotatable bonds is 3. The van der Waals surface area contributed by atoms with E-state index in [0.29, 0.717) is 6.79 Å². The molecular weight excluding hydrogens is 242 g/mol. The fraction of sp³-hybridized carbons (Fsp3) is 0.357. The van der Waals surface area contributed by atoms with Gasteiger partial charge in [0, 0.05) is 19.2 Å². The summed E-state index contributed by atoms with van der Waals surface area (Å²) in [5, 5.41) is 7.77. The summed E-state index contributed by atoms with van der Waals surface area (Å²) < 4.78 is 12.7. The molecule has 0 saturated carbocycles. The third-order valence-corrected chi connectivity index (χ3v) is 3.42. The lowest BCUT2D eigenvalue weighted by Crippen LogP contribution is -2.10. The third-order valence-electron chi connectivity index (χ3n) is 3.42.